The van der Waals surface area contributed by atoms with E-state index in [1.54, 1.807) is 14.2 Å². The highest BCUT2D eigenvalue weighted by atomic mass is 16.5. The molecule has 12 heavy (non-hydrogen) atoms. The first-order valence-corrected chi connectivity index (χ1v) is 4.32. The predicted octanol–water partition coefficient (Wildman–Crippen LogP) is 1.02. The van der Waals surface area contributed by atoms with Crippen LogP contribution in [0.15, 0.2) is 0 Å². The van der Waals surface area contributed by atoms with Crippen molar-refractivity contribution in [3.8, 4) is 0 Å². The van der Waals surface area contributed by atoms with Gasteiger partial charge in [-0.3, -0.25) is 0 Å². The zero-order valence-corrected chi connectivity index (χ0v) is 7.66. The molecule has 1 fully saturated rings. The maximum Gasteiger partial charge on any atom is 0.123 e. The molecule has 0 amide bonds. The highest BCUT2D eigenvalue weighted by molar-refractivity contribution is 5.53. The summed E-state index contributed by atoms with van der Waals surface area (Å²) in [5.41, 5.74) is 0. The van der Waals surface area contributed by atoms with Crippen molar-refractivity contribution in [1.82, 2.24) is 0 Å². The maximum atomic E-state index is 10.5. The van der Waals surface area contributed by atoms with Gasteiger partial charge >= 0.3 is 0 Å². The van der Waals surface area contributed by atoms with Crippen LogP contribution >= 0.6 is 0 Å². The van der Waals surface area contributed by atoms with Gasteiger partial charge in [0.1, 0.15) is 6.29 Å². The van der Waals surface area contributed by atoms with Crippen molar-refractivity contribution in [3.05, 3.63) is 0 Å². The van der Waals surface area contributed by atoms with Gasteiger partial charge in [-0.1, -0.05) is 0 Å². The van der Waals surface area contributed by atoms with E-state index in [0.717, 1.165) is 25.5 Å². The molecule has 1 rings (SSSR count). The van der Waals surface area contributed by atoms with E-state index >= 15 is 0 Å². The topological polar surface area (TPSA) is 35.5 Å². The van der Waals surface area contributed by atoms with E-state index in [1.165, 1.54) is 0 Å². The van der Waals surface area contributed by atoms with E-state index in [2.05, 4.69) is 0 Å². The number of rotatable bonds is 3. The number of methoxy groups -OCH3 is 2. The average molecular weight is 172 g/mol. The van der Waals surface area contributed by atoms with Crippen LogP contribution in [0.5, 0.6) is 0 Å². The van der Waals surface area contributed by atoms with Gasteiger partial charge in [0.25, 0.3) is 0 Å². The molecule has 3 nitrogen and oxygen atoms in total. The summed E-state index contributed by atoms with van der Waals surface area (Å²) < 4.78 is 10.5. The van der Waals surface area contributed by atoms with Crippen molar-refractivity contribution in [3.63, 3.8) is 0 Å². The Bertz CT molecular complexity index is 147. The first kappa shape index (κ1) is 9.68. The summed E-state index contributed by atoms with van der Waals surface area (Å²) in [5.74, 6) is 0.168. The highest BCUT2D eigenvalue weighted by Gasteiger charge is 2.30. The molecule has 0 saturated heterocycles. The first-order valence-electron chi connectivity index (χ1n) is 4.32. The molecule has 1 saturated carbocycles. The molecule has 0 aromatic carbocycles. The fraction of sp³-hybridized carbons (Fsp3) is 0.889. The second-order valence-electron chi connectivity index (χ2n) is 3.26. The molecule has 3 atom stereocenters. The van der Waals surface area contributed by atoms with Gasteiger partial charge in [0.2, 0.25) is 0 Å². The second-order valence-corrected chi connectivity index (χ2v) is 3.26. The van der Waals surface area contributed by atoms with Crippen molar-refractivity contribution < 1.29 is 14.3 Å². The molecule has 0 heterocycles. The standard InChI is InChI=1S/C9H16O3/c1-11-8-4-3-7(6-10)5-9(8)12-2/h6-9H,3-5H2,1-2H3. The molecular weight excluding hydrogens is 156 g/mol. The molecule has 3 unspecified atom stereocenters. The fourth-order valence-corrected chi connectivity index (χ4v) is 1.77. The molecule has 70 valence electrons. The molecule has 0 aliphatic heterocycles. The lowest BCUT2D eigenvalue weighted by Crippen LogP contribution is -2.36. The Labute approximate surface area is 73.0 Å². The van der Waals surface area contributed by atoms with Gasteiger partial charge in [-0.05, 0) is 19.3 Å². The number of ether oxygens (including phenoxy) is 2. The minimum atomic E-state index is 0.0962. The summed E-state index contributed by atoms with van der Waals surface area (Å²) in [6, 6.07) is 0. The van der Waals surface area contributed by atoms with Gasteiger partial charge in [0.05, 0.1) is 12.2 Å². The molecule has 0 N–H and O–H groups in total. The zero-order chi connectivity index (χ0) is 8.97. The first-order chi connectivity index (χ1) is 5.81. The van der Waals surface area contributed by atoms with Crippen LogP contribution in [0.2, 0.25) is 0 Å². The zero-order valence-electron chi connectivity index (χ0n) is 7.66. The molecule has 0 aromatic heterocycles. The Hall–Kier alpha value is -0.410. The monoisotopic (exact) mass is 172 g/mol. The van der Waals surface area contributed by atoms with Crippen molar-refractivity contribution in [1.29, 1.82) is 0 Å². The summed E-state index contributed by atoms with van der Waals surface area (Å²) >= 11 is 0. The van der Waals surface area contributed by atoms with E-state index in [-0.39, 0.29) is 18.1 Å². The fourth-order valence-electron chi connectivity index (χ4n) is 1.77. The number of carbonyl (C=O) groups excluding carboxylic acids is 1. The maximum absolute atomic E-state index is 10.5. The van der Waals surface area contributed by atoms with Crippen molar-refractivity contribution >= 4 is 6.29 Å². The average Bonchev–Trinajstić information content (AvgIpc) is 2.16. The van der Waals surface area contributed by atoms with E-state index in [0.29, 0.717) is 0 Å². The third kappa shape index (κ3) is 2.05. The van der Waals surface area contributed by atoms with Gasteiger partial charge in [-0.25, -0.2) is 0 Å². The van der Waals surface area contributed by atoms with Gasteiger partial charge in [-0.15, -0.1) is 0 Å². The minimum Gasteiger partial charge on any atom is -0.379 e. The number of hydrogen-bond acceptors (Lipinski definition) is 3. The van der Waals surface area contributed by atoms with Gasteiger partial charge in [0.15, 0.2) is 0 Å². The summed E-state index contributed by atoms with van der Waals surface area (Å²) in [6.45, 7) is 0. The molecule has 0 bridgehead atoms. The Morgan fingerprint density at radius 2 is 1.83 bits per heavy atom. The minimum absolute atomic E-state index is 0.0962. The van der Waals surface area contributed by atoms with Crippen molar-refractivity contribution in [2.75, 3.05) is 14.2 Å². The third-order valence-corrected chi connectivity index (χ3v) is 2.57. The van der Waals surface area contributed by atoms with Crippen LogP contribution in [0, 0.1) is 5.92 Å². The van der Waals surface area contributed by atoms with Gasteiger partial charge < -0.3 is 14.3 Å². The quantitative estimate of drug-likeness (QED) is 0.596. The molecule has 3 heteroatoms. The van der Waals surface area contributed by atoms with E-state index in [4.69, 9.17) is 9.47 Å². The Balaban J connectivity index is 2.46. The Morgan fingerprint density at radius 1 is 1.17 bits per heavy atom. The van der Waals surface area contributed by atoms with Crippen LogP contribution in [0.3, 0.4) is 0 Å². The molecule has 1 aliphatic rings. The normalized spacial score (nSPS) is 36.3. The van der Waals surface area contributed by atoms with E-state index < -0.39 is 0 Å². The lowest BCUT2D eigenvalue weighted by Gasteiger charge is -2.31. The summed E-state index contributed by atoms with van der Waals surface area (Å²) in [6.07, 6.45) is 3.96. The van der Waals surface area contributed by atoms with Crippen LogP contribution in [0.4, 0.5) is 0 Å². The number of aldehydes is 1. The smallest absolute Gasteiger partial charge is 0.123 e. The molecule has 0 spiro atoms. The SMILES string of the molecule is COC1CCC(C=O)CC1OC. The summed E-state index contributed by atoms with van der Waals surface area (Å²) in [5, 5.41) is 0. The van der Waals surface area contributed by atoms with Crippen LogP contribution < -0.4 is 0 Å². The number of hydrogen-bond donors (Lipinski definition) is 0. The van der Waals surface area contributed by atoms with Crippen molar-refractivity contribution in [2.45, 2.75) is 31.5 Å². The molecule has 1 aliphatic carbocycles. The second kappa shape index (κ2) is 4.58. The number of carbonyl (C=O) groups is 1. The lowest BCUT2D eigenvalue weighted by molar-refractivity contribution is -0.117. The van der Waals surface area contributed by atoms with Crippen LogP contribution in [0.1, 0.15) is 19.3 Å². The lowest BCUT2D eigenvalue weighted by atomic mass is 9.86. The largest absolute Gasteiger partial charge is 0.379 e. The molecule has 0 radical (unpaired) electrons. The van der Waals surface area contributed by atoms with Crippen molar-refractivity contribution in [2.24, 2.45) is 5.92 Å². The van der Waals surface area contributed by atoms with Crippen LogP contribution in [-0.4, -0.2) is 32.7 Å². The predicted molar refractivity (Wildman–Crippen MR) is 45.0 cm³/mol. The summed E-state index contributed by atoms with van der Waals surface area (Å²) in [4.78, 5) is 10.5. The van der Waals surface area contributed by atoms with Crippen LogP contribution in [-0.2, 0) is 14.3 Å². The Kier molecular flexibility index (Phi) is 3.69. The Morgan fingerprint density at radius 3 is 2.33 bits per heavy atom. The van der Waals surface area contributed by atoms with E-state index in [9.17, 15) is 4.79 Å². The third-order valence-electron chi connectivity index (χ3n) is 2.57. The van der Waals surface area contributed by atoms with Gasteiger partial charge in [-0.2, -0.15) is 0 Å². The van der Waals surface area contributed by atoms with E-state index in [1.807, 2.05) is 0 Å². The summed E-state index contributed by atoms with van der Waals surface area (Å²) in [7, 11) is 3.36. The molecular formula is C9H16O3. The van der Waals surface area contributed by atoms with Crippen LogP contribution in [0.25, 0.3) is 0 Å². The highest BCUT2D eigenvalue weighted by Crippen LogP contribution is 2.26. The molecule has 0 aromatic rings. The van der Waals surface area contributed by atoms with Gasteiger partial charge in [0, 0.05) is 20.1 Å².